The van der Waals surface area contributed by atoms with Gasteiger partial charge in [0.1, 0.15) is 0 Å². The number of carbonyl (C=O) groups is 1. The molecular formula is C12H6F3N2O3-. The minimum Gasteiger partial charge on any atom is -0.545 e. The molecule has 0 spiro atoms. The summed E-state index contributed by atoms with van der Waals surface area (Å²) in [6.07, 6.45) is -4.03. The average molecular weight is 283 g/mol. The Balaban J connectivity index is 2.79. The van der Waals surface area contributed by atoms with Crippen molar-refractivity contribution in [2.24, 2.45) is 0 Å². The van der Waals surface area contributed by atoms with Crippen molar-refractivity contribution in [1.29, 1.82) is 0 Å². The lowest BCUT2D eigenvalue weighted by atomic mass is 10.0. The van der Waals surface area contributed by atoms with Crippen LogP contribution < -0.4 is 10.8 Å². The third kappa shape index (κ3) is 2.53. The summed E-state index contributed by atoms with van der Waals surface area (Å²) in [5.41, 5.74) is -3.59. The van der Waals surface area contributed by atoms with Crippen molar-refractivity contribution in [3.8, 4) is 11.3 Å². The van der Waals surface area contributed by atoms with E-state index in [2.05, 4.69) is 4.98 Å². The van der Waals surface area contributed by atoms with E-state index < -0.39 is 40.2 Å². The summed E-state index contributed by atoms with van der Waals surface area (Å²) in [5.74, 6) is -1.74. The van der Waals surface area contributed by atoms with Crippen molar-refractivity contribution in [2.75, 3.05) is 0 Å². The Kier molecular flexibility index (Phi) is 3.31. The van der Waals surface area contributed by atoms with E-state index in [0.717, 1.165) is 18.2 Å². The highest BCUT2D eigenvalue weighted by Gasteiger charge is 2.34. The minimum absolute atomic E-state index is 0.460. The molecule has 8 heteroatoms. The van der Waals surface area contributed by atoms with Gasteiger partial charge in [0.25, 0.3) is 0 Å². The van der Waals surface area contributed by atoms with Crippen LogP contribution in [0.3, 0.4) is 0 Å². The van der Waals surface area contributed by atoms with E-state index in [0.29, 0.717) is 6.20 Å². The molecule has 0 atom stereocenters. The van der Waals surface area contributed by atoms with Gasteiger partial charge in [0.05, 0.1) is 17.2 Å². The molecule has 1 N–H and O–H groups in total. The minimum atomic E-state index is -4.69. The third-order valence-electron chi connectivity index (χ3n) is 2.53. The quantitative estimate of drug-likeness (QED) is 0.884. The van der Waals surface area contributed by atoms with E-state index in [1.165, 1.54) is 6.07 Å². The van der Waals surface area contributed by atoms with Gasteiger partial charge in [0.2, 0.25) is 0 Å². The first-order valence-electron chi connectivity index (χ1n) is 5.28. The van der Waals surface area contributed by atoms with Crippen molar-refractivity contribution in [2.45, 2.75) is 6.18 Å². The number of nitrogens with one attached hydrogen (secondary N) is 1. The number of aromatic amines is 1. The molecule has 1 heterocycles. The molecule has 104 valence electrons. The van der Waals surface area contributed by atoms with Crippen molar-refractivity contribution < 1.29 is 23.1 Å². The van der Waals surface area contributed by atoms with Crippen LogP contribution in [0, 0.1) is 0 Å². The topological polar surface area (TPSA) is 85.9 Å². The Hall–Kier alpha value is -2.64. The van der Waals surface area contributed by atoms with E-state index in [9.17, 15) is 27.9 Å². The maximum atomic E-state index is 12.9. The Morgan fingerprint density at radius 1 is 1.25 bits per heavy atom. The molecule has 0 aliphatic rings. The van der Waals surface area contributed by atoms with E-state index >= 15 is 0 Å². The molecule has 0 aliphatic carbocycles. The van der Waals surface area contributed by atoms with Gasteiger partial charge in [-0.2, -0.15) is 13.2 Å². The number of carbonyl (C=O) groups excluding carboxylic acids is 1. The van der Waals surface area contributed by atoms with Crippen molar-refractivity contribution in [3.63, 3.8) is 0 Å². The summed E-state index contributed by atoms with van der Waals surface area (Å²) < 4.78 is 38.7. The Morgan fingerprint density at radius 3 is 2.50 bits per heavy atom. The van der Waals surface area contributed by atoms with Crippen LogP contribution in [0.5, 0.6) is 0 Å². The number of rotatable bonds is 2. The number of halogens is 3. The number of alkyl halides is 3. The van der Waals surface area contributed by atoms with Gasteiger partial charge in [-0.05, 0) is 6.07 Å². The van der Waals surface area contributed by atoms with Crippen LogP contribution in [0.15, 0.2) is 35.3 Å². The normalized spacial score (nSPS) is 11.3. The average Bonchev–Trinajstić information content (AvgIpc) is 2.37. The van der Waals surface area contributed by atoms with Crippen LogP contribution in [-0.4, -0.2) is 15.9 Å². The van der Waals surface area contributed by atoms with Crippen LogP contribution in [0.2, 0.25) is 0 Å². The molecule has 0 saturated carbocycles. The Labute approximate surface area is 109 Å². The smallest absolute Gasteiger partial charge is 0.417 e. The second-order valence-electron chi connectivity index (χ2n) is 3.81. The van der Waals surface area contributed by atoms with Crippen molar-refractivity contribution in [1.82, 2.24) is 9.97 Å². The lowest BCUT2D eigenvalue weighted by Gasteiger charge is -2.15. The highest BCUT2D eigenvalue weighted by atomic mass is 19.4. The first-order chi connectivity index (χ1) is 9.30. The predicted octanol–water partition coefficient (Wildman–Crippen LogP) is 0.819. The number of carboxylic acid groups (broad SMARTS) is 1. The fourth-order valence-electron chi connectivity index (χ4n) is 1.71. The third-order valence-corrected chi connectivity index (χ3v) is 2.53. The second kappa shape index (κ2) is 4.80. The Morgan fingerprint density at radius 2 is 1.90 bits per heavy atom. The zero-order valence-electron chi connectivity index (χ0n) is 9.69. The molecule has 20 heavy (non-hydrogen) atoms. The zero-order chi connectivity index (χ0) is 14.9. The molecule has 1 aromatic heterocycles. The number of carboxylic acids is 1. The fraction of sp³-hybridized carbons (Fsp3) is 0.0833. The van der Waals surface area contributed by atoms with Crippen LogP contribution in [0.25, 0.3) is 11.3 Å². The molecule has 0 radical (unpaired) electrons. The monoisotopic (exact) mass is 283 g/mol. The Bertz CT molecular complexity index is 722. The maximum absolute atomic E-state index is 12.9. The second-order valence-corrected chi connectivity index (χ2v) is 3.81. The number of H-pyrrole nitrogens is 1. The standard InChI is InChI=1S/C12H7F3N2O3/c13-12(14,15)8-4-2-1-3-6(8)9-7(10(18)19)5-16-11(20)17-9/h1-5H,(H,18,19)(H,16,17,20)/p-1. The molecule has 2 aromatic rings. The highest BCUT2D eigenvalue weighted by Crippen LogP contribution is 2.36. The van der Waals surface area contributed by atoms with Gasteiger partial charge in [0.15, 0.2) is 0 Å². The molecule has 0 fully saturated rings. The van der Waals surface area contributed by atoms with Gasteiger partial charge in [-0.15, -0.1) is 0 Å². The molecule has 5 nitrogen and oxygen atoms in total. The van der Waals surface area contributed by atoms with Crippen molar-refractivity contribution >= 4 is 5.97 Å². The van der Waals surface area contributed by atoms with E-state index in [1.54, 1.807) is 0 Å². The largest absolute Gasteiger partial charge is 0.545 e. The molecule has 0 bridgehead atoms. The predicted molar refractivity (Wildman–Crippen MR) is 59.6 cm³/mol. The molecule has 0 saturated heterocycles. The summed E-state index contributed by atoms with van der Waals surface area (Å²) >= 11 is 0. The van der Waals surface area contributed by atoms with Gasteiger partial charge < -0.3 is 14.9 Å². The fourth-order valence-corrected chi connectivity index (χ4v) is 1.71. The molecule has 0 aliphatic heterocycles. The van der Waals surface area contributed by atoms with E-state index in [-0.39, 0.29) is 0 Å². The number of benzene rings is 1. The number of nitrogens with zero attached hydrogens (tertiary/aromatic N) is 1. The SMILES string of the molecule is O=C([O-])c1cnc(=O)[nH]c1-c1ccccc1C(F)(F)F. The van der Waals surface area contributed by atoms with Crippen molar-refractivity contribution in [3.05, 3.63) is 52.1 Å². The van der Waals surface area contributed by atoms with E-state index in [1.807, 2.05) is 4.98 Å². The molecular weight excluding hydrogens is 277 g/mol. The van der Waals surface area contributed by atoms with Crippen LogP contribution in [0.1, 0.15) is 15.9 Å². The van der Waals surface area contributed by atoms with E-state index in [4.69, 9.17) is 0 Å². The van der Waals surface area contributed by atoms with Gasteiger partial charge in [-0.25, -0.2) is 9.78 Å². The zero-order valence-corrected chi connectivity index (χ0v) is 9.69. The number of aromatic carboxylic acids is 1. The van der Waals surface area contributed by atoms with Crippen LogP contribution in [-0.2, 0) is 6.18 Å². The molecule has 0 unspecified atom stereocenters. The number of aromatic nitrogens is 2. The lowest BCUT2D eigenvalue weighted by Crippen LogP contribution is -2.26. The first kappa shape index (κ1) is 13.8. The van der Waals surface area contributed by atoms with Gasteiger partial charge >= 0.3 is 11.9 Å². The molecule has 0 amide bonds. The highest BCUT2D eigenvalue weighted by molar-refractivity contribution is 5.93. The molecule has 1 aromatic carbocycles. The number of hydrogen-bond donors (Lipinski definition) is 1. The van der Waals surface area contributed by atoms with Gasteiger partial charge in [0, 0.05) is 17.3 Å². The summed E-state index contributed by atoms with van der Waals surface area (Å²) in [6.45, 7) is 0. The number of hydrogen-bond acceptors (Lipinski definition) is 4. The first-order valence-corrected chi connectivity index (χ1v) is 5.28. The summed E-state index contributed by atoms with van der Waals surface area (Å²) in [4.78, 5) is 27.2. The lowest BCUT2D eigenvalue weighted by molar-refractivity contribution is -0.255. The van der Waals surface area contributed by atoms with Gasteiger partial charge in [-0.1, -0.05) is 18.2 Å². The maximum Gasteiger partial charge on any atom is 0.417 e. The summed E-state index contributed by atoms with van der Waals surface area (Å²) in [6, 6.07) is 4.29. The van der Waals surface area contributed by atoms with Crippen LogP contribution in [0.4, 0.5) is 13.2 Å². The summed E-state index contributed by atoms with van der Waals surface area (Å²) in [5, 5.41) is 10.9. The van der Waals surface area contributed by atoms with Gasteiger partial charge in [-0.3, -0.25) is 0 Å². The van der Waals surface area contributed by atoms with Crippen LogP contribution >= 0.6 is 0 Å². The summed E-state index contributed by atoms with van der Waals surface area (Å²) in [7, 11) is 0. The molecule has 2 rings (SSSR count).